The van der Waals surface area contributed by atoms with Crippen LogP contribution in [0.1, 0.15) is 27.7 Å². The fourth-order valence-corrected chi connectivity index (χ4v) is 2.39. The first-order valence-corrected chi connectivity index (χ1v) is 6.26. The highest BCUT2D eigenvalue weighted by atomic mass is 16.7. The summed E-state index contributed by atoms with van der Waals surface area (Å²) in [6, 6.07) is 0. The van der Waals surface area contributed by atoms with E-state index < -0.39 is 11.3 Å². The lowest BCUT2D eigenvalue weighted by molar-refractivity contribution is -0.159. The van der Waals surface area contributed by atoms with Crippen LogP contribution in [0.15, 0.2) is 10.2 Å². The van der Waals surface area contributed by atoms with Crippen molar-refractivity contribution in [1.29, 1.82) is 0 Å². The first-order valence-electron chi connectivity index (χ1n) is 6.26. The fourth-order valence-electron chi connectivity index (χ4n) is 2.39. The summed E-state index contributed by atoms with van der Waals surface area (Å²) >= 11 is 0. The average molecular weight is 256 g/mol. The monoisotopic (exact) mass is 256 g/mol. The lowest BCUT2D eigenvalue weighted by Gasteiger charge is -2.29. The third-order valence-corrected chi connectivity index (χ3v) is 3.45. The van der Waals surface area contributed by atoms with Gasteiger partial charge in [0.1, 0.15) is 0 Å². The van der Waals surface area contributed by atoms with E-state index in [0.717, 1.165) is 0 Å². The molecule has 3 atom stereocenters. The number of ether oxygens (including phenoxy) is 3. The third-order valence-electron chi connectivity index (χ3n) is 3.45. The molecule has 2 rings (SSSR count). The van der Waals surface area contributed by atoms with Crippen molar-refractivity contribution in [3.8, 4) is 0 Å². The molecule has 0 aromatic rings. The molecule has 0 radical (unpaired) electrons. The number of azo groups is 1. The Labute approximate surface area is 107 Å². The maximum Gasteiger partial charge on any atom is 0.336 e. The second-order valence-corrected chi connectivity index (χ2v) is 5.27. The van der Waals surface area contributed by atoms with Crippen molar-refractivity contribution < 1.29 is 19.0 Å². The van der Waals surface area contributed by atoms with Gasteiger partial charge in [0, 0.05) is 5.92 Å². The number of nitrogens with zero attached hydrogens (tertiary/aromatic N) is 2. The largest absolute Gasteiger partial charge is 0.464 e. The van der Waals surface area contributed by atoms with Crippen molar-refractivity contribution in [1.82, 2.24) is 0 Å². The molecule has 0 spiro atoms. The Balaban J connectivity index is 2.12. The molecule has 0 unspecified atom stereocenters. The Morgan fingerprint density at radius 2 is 2.17 bits per heavy atom. The average Bonchev–Trinajstić information content (AvgIpc) is 2.83. The fraction of sp³-hybridized carbons (Fsp3) is 0.917. The molecule has 2 aliphatic rings. The van der Waals surface area contributed by atoms with Gasteiger partial charge in [0.2, 0.25) is 0 Å². The zero-order valence-corrected chi connectivity index (χ0v) is 11.3. The van der Waals surface area contributed by atoms with Crippen molar-refractivity contribution in [3.05, 3.63) is 0 Å². The Kier molecular flexibility index (Phi) is 3.42. The van der Waals surface area contributed by atoms with Crippen molar-refractivity contribution in [2.75, 3.05) is 19.8 Å². The number of esters is 1. The summed E-state index contributed by atoms with van der Waals surface area (Å²) in [6.45, 7) is 8.51. The molecule has 0 aromatic carbocycles. The Bertz CT molecular complexity index is 369. The summed E-state index contributed by atoms with van der Waals surface area (Å²) < 4.78 is 16.4. The van der Waals surface area contributed by atoms with Crippen LogP contribution in [-0.2, 0) is 19.0 Å². The van der Waals surface area contributed by atoms with E-state index in [9.17, 15) is 4.79 Å². The van der Waals surface area contributed by atoms with Crippen LogP contribution in [0.2, 0.25) is 0 Å². The number of hydrogen-bond donors (Lipinski definition) is 0. The van der Waals surface area contributed by atoms with Crippen LogP contribution in [-0.4, -0.2) is 43.2 Å². The van der Waals surface area contributed by atoms with E-state index in [0.29, 0.717) is 19.8 Å². The SMILES string of the molecule is CCOC(=O)[C@@]1(C)N=NC[C@H]1[C@H]1COC(C)(C)O1. The van der Waals surface area contributed by atoms with Crippen LogP contribution in [0.3, 0.4) is 0 Å². The number of carbonyl (C=O) groups is 1. The van der Waals surface area contributed by atoms with E-state index in [1.165, 1.54) is 0 Å². The minimum atomic E-state index is -0.954. The summed E-state index contributed by atoms with van der Waals surface area (Å²) in [7, 11) is 0. The highest BCUT2D eigenvalue weighted by molar-refractivity contribution is 5.81. The van der Waals surface area contributed by atoms with E-state index in [4.69, 9.17) is 14.2 Å². The molecule has 2 aliphatic heterocycles. The predicted molar refractivity (Wildman–Crippen MR) is 63.2 cm³/mol. The van der Waals surface area contributed by atoms with Gasteiger partial charge in [0.15, 0.2) is 11.3 Å². The Morgan fingerprint density at radius 1 is 1.44 bits per heavy atom. The minimum Gasteiger partial charge on any atom is -0.464 e. The molecule has 6 nitrogen and oxygen atoms in total. The minimum absolute atomic E-state index is 0.127. The molecule has 6 heteroatoms. The number of carbonyl (C=O) groups excluding carboxylic acids is 1. The first kappa shape index (κ1) is 13.4. The van der Waals surface area contributed by atoms with Crippen molar-refractivity contribution in [2.45, 2.75) is 45.1 Å². The number of hydrogen-bond acceptors (Lipinski definition) is 6. The van der Waals surface area contributed by atoms with Crippen LogP contribution < -0.4 is 0 Å². The summed E-state index contributed by atoms with van der Waals surface area (Å²) in [5.41, 5.74) is -0.954. The summed E-state index contributed by atoms with van der Waals surface area (Å²) in [5.74, 6) is -1.08. The van der Waals surface area contributed by atoms with E-state index in [1.54, 1.807) is 13.8 Å². The highest BCUT2D eigenvalue weighted by Gasteiger charge is 2.53. The zero-order chi connectivity index (χ0) is 13.4. The van der Waals surface area contributed by atoms with Gasteiger partial charge in [-0.15, -0.1) is 0 Å². The summed E-state index contributed by atoms with van der Waals surface area (Å²) in [6.07, 6.45) is -0.176. The van der Waals surface area contributed by atoms with E-state index in [2.05, 4.69) is 10.2 Å². The first-order chi connectivity index (χ1) is 8.39. The molecule has 0 saturated carbocycles. The van der Waals surface area contributed by atoms with E-state index in [1.807, 2.05) is 13.8 Å². The van der Waals surface area contributed by atoms with Crippen LogP contribution in [0.5, 0.6) is 0 Å². The smallest absolute Gasteiger partial charge is 0.336 e. The second kappa shape index (κ2) is 4.59. The molecule has 2 heterocycles. The van der Waals surface area contributed by atoms with Crippen LogP contribution in [0.4, 0.5) is 0 Å². The van der Waals surface area contributed by atoms with Crippen molar-refractivity contribution in [3.63, 3.8) is 0 Å². The van der Waals surface area contributed by atoms with Gasteiger partial charge in [-0.1, -0.05) is 0 Å². The maximum atomic E-state index is 12.0. The molecule has 1 fully saturated rings. The van der Waals surface area contributed by atoms with Gasteiger partial charge in [-0.05, 0) is 27.7 Å². The molecule has 0 N–H and O–H groups in total. The molecular formula is C12H20N2O4. The van der Waals surface area contributed by atoms with Gasteiger partial charge in [0.25, 0.3) is 0 Å². The highest BCUT2D eigenvalue weighted by Crippen LogP contribution is 2.38. The van der Waals surface area contributed by atoms with Gasteiger partial charge in [-0.25, -0.2) is 4.79 Å². The molecule has 0 aliphatic carbocycles. The molecule has 18 heavy (non-hydrogen) atoms. The molecule has 0 bridgehead atoms. The van der Waals surface area contributed by atoms with Crippen molar-refractivity contribution in [2.24, 2.45) is 16.1 Å². The normalized spacial score (nSPS) is 38.0. The quantitative estimate of drug-likeness (QED) is 0.718. The number of rotatable bonds is 3. The van der Waals surface area contributed by atoms with Crippen LogP contribution in [0.25, 0.3) is 0 Å². The van der Waals surface area contributed by atoms with E-state index in [-0.39, 0.29) is 18.0 Å². The van der Waals surface area contributed by atoms with Crippen LogP contribution in [0, 0.1) is 5.92 Å². The Morgan fingerprint density at radius 3 is 2.72 bits per heavy atom. The van der Waals surface area contributed by atoms with Gasteiger partial charge in [-0.2, -0.15) is 10.2 Å². The second-order valence-electron chi connectivity index (χ2n) is 5.27. The maximum absolute atomic E-state index is 12.0. The molecule has 0 aromatic heterocycles. The molecule has 102 valence electrons. The Hall–Kier alpha value is -1.01. The van der Waals surface area contributed by atoms with Gasteiger partial charge in [0.05, 0.1) is 25.9 Å². The zero-order valence-electron chi connectivity index (χ0n) is 11.3. The lowest BCUT2D eigenvalue weighted by atomic mass is 9.83. The van der Waals surface area contributed by atoms with Gasteiger partial charge < -0.3 is 14.2 Å². The lowest BCUT2D eigenvalue weighted by Crippen LogP contribution is -2.47. The standard InChI is InChI=1S/C12H20N2O4/c1-5-16-10(15)12(4)8(6-13-14-12)9-7-17-11(2,3)18-9/h8-9H,5-7H2,1-4H3/t8-,9+,12-/m0/s1. The van der Waals surface area contributed by atoms with Crippen LogP contribution >= 0.6 is 0 Å². The molecule has 1 saturated heterocycles. The molecule has 0 amide bonds. The van der Waals surface area contributed by atoms with E-state index >= 15 is 0 Å². The summed E-state index contributed by atoms with van der Waals surface area (Å²) in [5, 5.41) is 8.08. The van der Waals surface area contributed by atoms with Gasteiger partial charge >= 0.3 is 5.97 Å². The summed E-state index contributed by atoms with van der Waals surface area (Å²) in [4.78, 5) is 12.0. The van der Waals surface area contributed by atoms with Gasteiger partial charge in [-0.3, -0.25) is 0 Å². The predicted octanol–water partition coefficient (Wildman–Crippen LogP) is 1.54. The topological polar surface area (TPSA) is 69.5 Å². The molecular weight excluding hydrogens is 236 g/mol. The third kappa shape index (κ3) is 2.27. The van der Waals surface area contributed by atoms with Crippen molar-refractivity contribution >= 4 is 5.97 Å².